The van der Waals surface area contributed by atoms with E-state index in [0.29, 0.717) is 25.0 Å². The summed E-state index contributed by atoms with van der Waals surface area (Å²) in [5.41, 5.74) is 0.737. The summed E-state index contributed by atoms with van der Waals surface area (Å²) in [6, 6.07) is 7.40. The molecule has 1 fully saturated rings. The highest BCUT2D eigenvalue weighted by molar-refractivity contribution is 9.10. The van der Waals surface area contributed by atoms with Crippen LogP contribution in [0.5, 0.6) is 0 Å². The lowest BCUT2D eigenvalue weighted by molar-refractivity contribution is -0.124. The van der Waals surface area contributed by atoms with Crippen LogP contribution in [-0.2, 0) is 4.79 Å². The molecule has 1 aliphatic rings. The first kappa shape index (κ1) is 13.5. The van der Waals surface area contributed by atoms with Crippen LogP contribution in [0.1, 0.15) is 48.9 Å². The average molecular weight is 309 g/mol. The van der Waals surface area contributed by atoms with Gasteiger partial charge in [-0.3, -0.25) is 9.59 Å². The number of hydrogen-bond donors (Lipinski definition) is 0. The average Bonchev–Trinajstić information content (AvgIpc) is 2.38. The molecule has 0 aliphatic heterocycles. The number of Topliss-reactive ketones (excluding diaryl/α,β-unsaturated/α-hetero) is 2. The number of carbonyl (C=O) groups excluding carboxylic acids is 2. The van der Waals surface area contributed by atoms with Gasteiger partial charge in [0.2, 0.25) is 0 Å². The molecule has 18 heavy (non-hydrogen) atoms. The van der Waals surface area contributed by atoms with E-state index in [9.17, 15) is 9.59 Å². The van der Waals surface area contributed by atoms with Crippen molar-refractivity contribution >= 4 is 27.5 Å². The molecule has 1 aliphatic carbocycles. The van der Waals surface area contributed by atoms with Gasteiger partial charge in [0, 0.05) is 28.8 Å². The molecule has 1 saturated carbocycles. The molecule has 3 heteroatoms. The Kier molecular flexibility index (Phi) is 4.70. The van der Waals surface area contributed by atoms with Crippen LogP contribution in [0.2, 0.25) is 0 Å². The second-order valence-electron chi connectivity index (χ2n) is 4.88. The van der Waals surface area contributed by atoms with Gasteiger partial charge < -0.3 is 0 Å². The molecule has 0 aromatic heterocycles. The van der Waals surface area contributed by atoms with Crippen LogP contribution < -0.4 is 0 Å². The number of rotatable bonds is 4. The van der Waals surface area contributed by atoms with Gasteiger partial charge in [0.25, 0.3) is 0 Å². The van der Waals surface area contributed by atoms with E-state index >= 15 is 0 Å². The molecule has 0 saturated heterocycles. The first-order valence-electron chi connectivity index (χ1n) is 6.48. The van der Waals surface area contributed by atoms with Crippen molar-refractivity contribution in [2.24, 2.45) is 5.92 Å². The number of hydrogen-bond acceptors (Lipinski definition) is 2. The molecular weight excluding hydrogens is 292 g/mol. The van der Waals surface area contributed by atoms with Gasteiger partial charge >= 0.3 is 0 Å². The largest absolute Gasteiger partial charge is 0.299 e. The van der Waals surface area contributed by atoms with E-state index in [1.54, 1.807) is 0 Å². The predicted molar refractivity (Wildman–Crippen MR) is 74.7 cm³/mol. The maximum atomic E-state index is 12.0. The van der Waals surface area contributed by atoms with Crippen molar-refractivity contribution in [2.45, 2.75) is 38.5 Å². The summed E-state index contributed by atoms with van der Waals surface area (Å²) in [6.45, 7) is 0. The number of halogens is 1. The van der Waals surface area contributed by atoms with E-state index in [-0.39, 0.29) is 11.7 Å². The van der Waals surface area contributed by atoms with Gasteiger partial charge in [-0.05, 0) is 31.4 Å². The molecule has 2 rings (SSSR count). The Bertz CT molecular complexity index is 436. The SMILES string of the molecule is O=C(CCC1CCCCC1=O)c1ccc(Br)cc1. The number of benzene rings is 1. The van der Waals surface area contributed by atoms with E-state index < -0.39 is 0 Å². The summed E-state index contributed by atoms with van der Waals surface area (Å²) in [5, 5.41) is 0. The summed E-state index contributed by atoms with van der Waals surface area (Å²) in [7, 11) is 0. The highest BCUT2D eigenvalue weighted by Gasteiger charge is 2.22. The minimum absolute atomic E-state index is 0.123. The molecule has 96 valence electrons. The van der Waals surface area contributed by atoms with Gasteiger partial charge in [-0.15, -0.1) is 0 Å². The van der Waals surface area contributed by atoms with Gasteiger partial charge in [0.05, 0.1) is 0 Å². The smallest absolute Gasteiger partial charge is 0.162 e. The summed E-state index contributed by atoms with van der Waals surface area (Å²) >= 11 is 3.35. The third-order valence-electron chi connectivity index (χ3n) is 3.57. The van der Waals surface area contributed by atoms with Crippen molar-refractivity contribution in [3.8, 4) is 0 Å². The molecule has 0 amide bonds. The van der Waals surface area contributed by atoms with Crippen molar-refractivity contribution in [1.29, 1.82) is 0 Å². The lowest BCUT2D eigenvalue weighted by Gasteiger charge is -2.19. The maximum absolute atomic E-state index is 12.0. The van der Waals surface area contributed by atoms with Crippen LogP contribution in [0, 0.1) is 5.92 Å². The lowest BCUT2D eigenvalue weighted by atomic mass is 9.84. The Morgan fingerprint density at radius 3 is 2.61 bits per heavy atom. The van der Waals surface area contributed by atoms with E-state index in [1.165, 1.54) is 0 Å². The molecule has 1 unspecified atom stereocenters. The first-order chi connectivity index (χ1) is 8.66. The van der Waals surface area contributed by atoms with Crippen molar-refractivity contribution in [3.05, 3.63) is 34.3 Å². The minimum atomic E-state index is 0.123. The topological polar surface area (TPSA) is 34.1 Å². The number of ketones is 2. The normalized spacial score (nSPS) is 19.8. The zero-order valence-electron chi connectivity index (χ0n) is 10.3. The van der Waals surface area contributed by atoms with Crippen LogP contribution in [0.25, 0.3) is 0 Å². The summed E-state index contributed by atoms with van der Waals surface area (Å²) in [5.74, 6) is 0.615. The molecule has 0 bridgehead atoms. The fourth-order valence-corrected chi connectivity index (χ4v) is 2.71. The molecule has 1 atom stereocenters. The van der Waals surface area contributed by atoms with Gasteiger partial charge in [0.1, 0.15) is 5.78 Å². The second-order valence-corrected chi connectivity index (χ2v) is 5.79. The van der Waals surface area contributed by atoms with E-state index in [4.69, 9.17) is 0 Å². The Morgan fingerprint density at radius 1 is 1.22 bits per heavy atom. The fourth-order valence-electron chi connectivity index (χ4n) is 2.45. The van der Waals surface area contributed by atoms with Gasteiger partial charge in [-0.2, -0.15) is 0 Å². The van der Waals surface area contributed by atoms with Crippen molar-refractivity contribution in [2.75, 3.05) is 0 Å². The summed E-state index contributed by atoms with van der Waals surface area (Å²) in [4.78, 5) is 23.6. The standard InChI is InChI=1S/C15H17BrO2/c16-13-8-5-12(6-9-13)15(18)10-7-11-3-1-2-4-14(11)17/h5-6,8-9,11H,1-4,7,10H2. The molecule has 1 aromatic rings. The predicted octanol–water partition coefficient (Wildman–Crippen LogP) is 4.17. The zero-order valence-corrected chi connectivity index (χ0v) is 11.9. The van der Waals surface area contributed by atoms with Gasteiger partial charge in [-0.1, -0.05) is 34.5 Å². The quantitative estimate of drug-likeness (QED) is 0.782. The zero-order chi connectivity index (χ0) is 13.0. The van der Waals surface area contributed by atoms with Crippen LogP contribution in [-0.4, -0.2) is 11.6 Å². The highest BCUT2D eigenvalue weighted by atomic mass is 79.9. The van der Waals surface area contributed by atoms with E-state index in [0.717, 1.165) is 29.3 Å². The Labute approximate surface area is 116 Å². The molecular formula is C15H17BrO2. The molecule has 2 nitrogen and oxygen atoms in total. The van der Waals surface area contributed by atoms with Crippen LogP contribution in [0.3, 0.4) is 0 Å². The Morgan fingerprint density at radius 2 is 1.94 bits per heavy atom. The Balaban J connectivity index is 1.88. The summed E-state index contributed by atoms with van der Waals surface area (Å²) < 4.78 is 0.974. The molecule has 0 spiro atoms. The molecule has 0 N–H and O–H groups in total. The first-order valence-corrected chi connectivity index (χ1v) is 7.27. The van der Waals surface area contributed by atoms with Crippen LogP contribution in [0.15, 0.2) is 28.7 Å². The van der Waals surface area contributed by atoms with E-state index in [2.05, 4.69) is 15.9 Å². The highest BCUT2D eigenvalue weighted by Crippen LogP contribution is 2.25. The third kappa shape index (κ3) is 3.52. The maximum Gasteiger partial charge on any atom is 0.162 e. The van der Waals surface area contributed by atoms with Crippen molar-refractivity contribution in [1.82, 2.24) is 0 Å². The summed E-state index contributed by atoms with van der Waals surface area (Å²) in [6.07, 6.45) is 5.02. The fraction of sp³-hybridized carbons (Fsp3) is 0.467. The van der Waals surface area contributed by atoms with Crippen LogP contribution >= 0.6 is 15.9 Å². The third-order valence-corrected chi connectivity index (χ3v) is 4.10. The molecule has 1 aromatic carbocycles. The second kappa shape index (κ2) is 6.28. The van der Waals surface area contributed by atoms with Crippen LogP contribution in [0.4, 0.5) is 0 Å². The monoisotopic (exact) mass is 308 g/mol. The number of carbonyl (C=O) groups is 2. The lowest BCUT2D eigenvalue weighted by Crippen LogP contribution is -2.19. The van der Waals surface area contributed by atoms with Crippen molar-refractivity contribution in [3.63, 3.8) is 0 Å². The van der Waals surface area contributed by atoms with Gasteiger partial charge in [0.15, 0.2) is 5.78 Å². The van der Waals surface area contributed by atoms with E-state index in [1.807, 2.05) is 24.3 Å². The molecule has 0 heterocycles. The molecule has 0 radical (unpaired) electrons. The minimum Gasteiger partial charge on any atom is -0.299 e. The van der Waals surface area contributed by atoms with Crippen molar-refractivity contribution < 1.29 is 9.59 Å². The van der Waals surface area contributed by atoms with Gasteiger partial charge in [-0.25, -0.2) is 0 Å². The Hall–Kier alpha value is -0.960.